The quantitative estimate of drug-likeness (QED) is 0.441. The van der Waals surface area contributed by atoms with E-state index in [0.717, 1.165) is 17.7 Å². The molecule has 1 unspecified atom stereocenters. The van der Waals surface area contributed by atoms with Crippen molar-refractivity contribution >= 4 is 23.7 Å². The Balaban J connectivity index is 1.67. The molecule has 2 aliphatic heterocycles. The van der Waals surface area contributed by atoms with Gasteiger partial charge >= 0.3 is 5.97 Å². The highest BCUT2D eigenvalue weighted by Gasteiger charge is 2.38. The van der Waals surface area contributed by atoms with Crippen molar-refractivity contribution in [1.29, 1.82) is 0 Å². The van der Waals surface area contributed by atoms with E-state index in [4.69, 9.17) is 15.9 Å². The molecule has 27 heavy (non-hydrogen) atoms. The van der Waals surface area contributed by atoms with Gasteiger partial charge in [-0.15, -0.1) is 6.42 Å². The summed E-state index contributed by atoms with van der Waals surface area (Å²) in [7, 11) is 0. The standard InChI is InChI=1S/C19H18N2O6/c1-2-7-20-16(22)11-27-19(25)12-5-6-14-15(9-12)18(24)21(17(14)23)10-13-4-3-8-26-13/h1,5-6,9,13H,3-4,7-8,10-11H2,(H,20,22). The summed E-state index contributed by atoms with van der Waals surface area (Å²) in [5.74, 6) is 0.0572. The fraction of sp³-hybridized carbons (Fsp3) is 0.368. The summed E-state index contributed by atoms with van der Waals surface area (Å²) < 4.78 is 10.4. The van der Waals surface area contributed by atoms with Crippen LogP contribution < -0.4 is 5.32 Å². The van der Waals surface area contributed by atoms with Crippen molar-refractivity contribution in [1.82, 2.24) is 10.2 Å². The van der Waals surface area contributed by atoms with E-state index in [2.05, 4.69) is 11.2 Å². The van der Waals surface area contributed by atoms with E-state index in [0.29, 0.717) is 6.61 Å². The number of nitrogens with one attached hydrogen (secondary N) is 1. The molecule has 0 saturated carbocycles. The Bertz CT molecular complexity index is 835. The van der Waals surface area contributed by atoms with Gasteiger partial charge in [-0.1, -0.05) is 5.92 Å². The third-order valence-electron chi connectivity index (χ3n) is 4.34. The van der Waals surface area contributed by atoms with Gasteiger partial charge < -0.3 is 14.8 Å². The summed E-state index contributed by atoms with van der Waals surface area (Å²) in [6.07, 6.45) is 6.56. The van der Waals surface area contributed by atoms with Crippen LogP contribution in [0, 0.1) is 12.3 Å². The molecule has 140 valence electrons. The van der Waals surface area contributed by atoms with Gasteiger partial charge in [0, 0.05) is 6.61 Å². The van der Waals surface area contributed by atoms with E-state index in [1.165, 1.54) is 18.2 Å². The monoisotopic (exact) mass is 370 g/mol. The van der Waals surface area contributed by atoms with E-state index < -0.39 is 30.3 Å². The zero-order chi connectivity index (χ0) is 19.4. The summed E-state index contributed by atoms with van der Waals surface area (Å²) in [6, 6.07) is 4.12. The van der Waals surface area contributed by atoms with Gasteiger partial charge in [-0.25, -0.2) is 4.79 Å². The maximum atomic E-state index is 12.6. The van der Waals surface area contributed by atoms with Crippen LogP contribution in [0.15, 0.2) is 18.2 Å². The molecule has 2 aliphatic rings. The number of carbonyl (C=O) groups is 4. The highest BCUT2D eigenvalue weighted by molar-refractivity contribution is 6.22. The zero-order valence-corrected chi connectivity index (χ0v) is 14.5. The van der Waals surface area contributed by atoms with Crippen LogP contribution in [0.4, 0.5) is 0 Å². The Morgan fingerprint density at radius 2 is 2.07 bits per heavy atom. The van der Waals surface area contributed by atoms with Crippen molar-refractivity contribution in [2.45, 2.75) is 18.9 Å². The molecule has 8 heteroatoms. The number of nitrogens with zero attached hydrogens (tertiary/aromatic N) is 1. The number of esters is 1. The van der Waals surface area contributed by atoms with E-state index in [1.54, 1.807) is 0 Å². The summed E-state index contributed by atoms with van der Waals surface area (Å²) in [6.45, 7) is 0.363. The Morgan fingerprint density at radius 3 is 2.78 bits per heavy atom. The predicted molar refractivity (Wildman–Crippen MR) is 92.9 cm³/mol. The first-order chi connectivity index (χ1) is 13.0. The minimum Gasteiger partial charge on any atom is -0.452 e. The van der Waals surface area contributed by atoms with Crippen molar-refractivity contribution in [3.05, 3.63) is 34.9 Å². The zero-order valence-electron chi connectivity index (χ0n) is 14.5. The Kier molecular flexibility index (Phi) is 5.52. The Hall–Kier alpha value is -3.18. The number of amides is 3. The number of terminal acetylenes is 1. The van der Waals surface area contributed by atoms with Gasteiger partial charge in [0.15, 0.2) is 6.61 Å². The summed E-state index contributed by atoms with van der Waals surface area (Å²) >= 11 is 0. The lowest BCUT2D eigenvalue weighted by Crippen LogP contribution is -2.36. The molecule has 0 spiro atoms. The van der Waals surface area contributed by atoms with Gasteiger partial charge in [0.2, 0.25) is 0 Å². The molecule has 1 aromatic carbocycles. The topological polar surface area (TPSA) is 102 Å². The molecule has 3 rings (SSSR count). The van der Waals surface area contributed by atoms with Gasteiger partial charge in [0.1, 0.15) is 0 Å². The first kappa shape index (κ1) is 18.6. The van der Waals surface area contributed by atoms with Crippen molar-refractivity contribution in [3.8, 4) is 12.3 Å². The van der Waals surface area contributed by atoms with Crippen LogP contribution in [0.1, 0.15) is 43.9 Å². The largest absolute Gasteiger partial charge is 0.452 e. The summed E-state index contributed by atoms with van der Waals surface area (Å²) in [4.78, 5) is 49.7. The number of carbonyl (C=O) groups excluding carboxylic acids is 4. The lowest BCUT2D eigenvalue weighted by atomic mass is 10.1. The average Bonchev–Trinajstić information content (AvgIpc) is 3.27. The highest BCUT2D eigenvalue weighted by Crippen LogP contribution is 2.26. The van der Waals surface area contributed by atoms with Gasteiger partial charge in [-0.3, -0.25) is 19.3 Å². The third-order valence-corrected chi connectivity index (χ3v) is 4.34. The smallest absolute Gasteiger partial charge is 0.338 e. The minimum atomic E-state index is -0.772. The molecule has 1 fully saturated rings. The van der Waals surface area contributed by atoms with Crippen molar-refractivity contribution in [2.75, 3.05) is 26.3 Å². The van der Waals surface area contributed by atoms with E-state index in [9.17, 15) is 19.2 Å². The van der Waals surface area contributed by atoms with E-state index in [-0.39, 0.29) is 35.9 Å². The van der Waals surface area contributed by atoms with Crippen LogP contribution >= 0.6 is 0 Å². The maximum Gasteiger partial charge on any atom is 0.338 e. The molecule has 1 atom stereocenters. The average molecular weight is 370 g/mol. The molecule has 1 N–H and O–H groups in total. The lowest BCUT2D eigenvalue weighted by molar-refractivity contribution is -0.123. The second kappa shape index (κ2) is 8.01. The third kappa shape index (κ3) is 3.99. The summed E-state index contributed by atoms with van der Waals surface area (Å²) in [5, 5.41) is 2.36. The van der Waals surface area contributed by atoms with Crippen molar-refractivity contribution in [3.63, 3.8) is 0 Å². The Morgan fingerprint density at radius 1 is 1.30 bits per heavy atom. The van der Waals surface area contributed by atoms with Crippen LogP contribution in [0.3, 0.4) is 0 Å². The van der Waals surface area contributed by atoms with Crippen molar-refractivity contribution < 1.29 is 28.7 Å². The molecule has 8 nitrogen and oxygen atoms in total. The minimum absolute atomic E-state index is 0.0341. The molecular weight excluding hydrogens is 352 g/mol. The second-order valence-corrected chi connectivity index (χ2v) is 6.17. The highest BCUT2D eigenvalue weighted by atomic mass is 16.5. The molecule has 1 saturated heterocycles. The molecule has 0 aromatic heterocycles. The van der Waals surface area contributed by atoms with Crippen LogP contribution in [0.25, 0.3) is 0 Å². The molecular formula is C19H18N2O6. The van der Waals surface area contributed by atoms with Crippen LogP contribution in [0.5, 0.6) is 0 Å². The van der Waals surface area contributed by atoms with Crippen LogP contribution in [-0.4, -0.2) is 61.0 Å². The Labute approximate surface area is 155 Å². The molecule has 0 bridgehead atoms. The molecule has 1 aromatic rings. The number of benzene rings is 1. The van der Waals surface area contributed by atoms with Gasteiger partial charge in [0.25, 0.3) is 17.7 Å². The van der Waals surface area contributed by atoms with Crippen LogP contribution in [0.2, 0.25) is 0 Å². The number of imide groups is 1. The molecule has 2 heterocycles. The maximum absolute atomic E-state index is 12.6. The van der Waals surface area contributed by atoms with Gasteiger partial charge in [0.05, 0.1) is 35.9 Å². The fourth-order valence-corrected chi connectivity index (χ4v) is 2.99. The number of hydrogen-bond donors (Lipinski definition) is 1. The van der Waals surface area contributed by atoms with Crippen molar-refractivity contribution in [2.24, 2.45) is 0 Å². The first-order valence-electron chi connectivity index (χ1n) is 8.50. The van der Waals surface area contributed by atoms with Crippen LogP contribution in [-0.2, 0) is 14.3 Å². The number of ether oxygens (including phenoxy) is 2. The number of fused-ring (bicyclic) bond motifs is 1. The second-order valence-electron chi connectivity index (χ2n) is 6.17. The normalized spacial score (nSPS) is 18.2. The predicted octanol–water partition coefficient (Wildman–Crippen LogP) is 0.368. The fourth-order valence-electron chi connectivity index (χ4n) is 2.99. The number of rotatable bonds is 6. The van der Waals surface area contributed by atoms with Gasteiger partial charge in [-0.2, -0.15) is 0 Å². The van der Waals surface area contributed by atoms with Gasteiger partial charge in [-0.05, 0) is 31.0 Å². The van der Waals surface area contributed by atoms with E-state index >= 15 is 0 Å². The molecule has 0 radical (unpaired) electrons. The lowest BCUT2D eigenvalue weighted by Gasteiger charge is -2.17. The first-order valence-corrected chi connectivity index (χ1v) is 8.50. The molecule has 3 amide bonds. The SMILES string of the molecule is C#CCNC(=O)COC(=O)c1ccc2c(c1)C(=O)N(CC1CCCO1)C2=O. The number of hydrogen-bond acceptors (Lipinski definition) is 6. The summed E-state index contributed by atoms with van der Waals surface area (Å²) in [5.41, 5.74) is 0.462. The van der Waals surface area contributed by atoms with E-state index in [1.807, 2.05) is 0 Å². The molecule has 0 aliphatic carbocycles.